The monoisotopic (exact) mass is 289 g/mol. The van der Waals surface area contributed by atoms with Crippen molar-refractivity contribution in [2.45, 2.75) is 64.9 Å². The van der Waals surface area contributed by atoms with Crippen LogP contribution in [0.1, 0.15) is 57.7 Å². The minimum Gasteiger partial charge on any atom is -0.370 e. The third kappa shape index (κ3) is 3.70. The largest absolute Gasteiger partial charge is 0.370 e. The Hall–Kier alpha value is -1.22. The van der Waals surface area contributed by atoms with E-state index >= 15 is 0 Å². The molecular weight excluding hydrogens is 262 g/mol. The van der Waals surface area contributed by atoms with Crippen LogP contribution in [0.4, 0.5) is 0 Å². The van der Waals surface area contributed by atoms with Gasteiger partial charge in [-0.25, -0.2) is 0 Å². The summed E-state index contributed by atoms with van der Waals surface area (Å²) in [5.41, 5.74) is 1.77. The molecule has 1 aliphatic rings. The van der Waals surface area contributed by atoms with Gasteiger partial charge in [0.05, 0.1) is 6.42 Å². The summed E-state index contributed by atoms with van der Waals surface area (Å²) in [6, 6.07) is 4.02. The smallest absolute Gasteiger partial charge is 0.170 e. The molecule has 3 nitrogen and oxygen atoms in total. The summed E-state index contributed by atoms with van der Waals surface area (Å²) in [7, 11) is 1.67. The van der Waals surface area contributed by atoms with E-state index in [-0.39, 0.29) is 5.78 Å². The zero-order chi connectivity index (χ0) is 15.5. The number of hydrogen-bond donors (Lipinski definition) is 0. The van der Waals surface area contributed by atoms with Gasteiger partial charge in [-0.3, -0.25) is 9.78 Å². The van der Waals surface area contributed by atoms with Gasteiger partial charge >= 0.3 is 0 Å². The number of aryl methyl sites for hydroxylation is 1. The molecule has 0 aliphatic heterocycles. The van der Waals surface area contributed by atoms with Crippen molar-refractivity contribution in [1.82, 2.24) is 4.98 Å². The van der Waals surface area contributed by atoms with Crippen molar-refractivity contribution in [3.63, 3.8) is 0 Å². The van der Waals surface area contributed by atoms with E-state index < -0.39 is 5.60 Å². The average Bonchev–Trinajstić information content (AvgIpc) is 2.48. The van der Waals surface area contributed by atoms with Gasteiger partial charge in [0.25, 0.3) is 0 Å². The van der Waals surface area contributed by atoms with Crippen molar-refractivity contribution in [3.8, 4) is 0 Å². The molecule has 0 atom stereocenters. The van der Waals surface area contributed by atoms with Crippen LogP contribution in [0.5, 0.6) is 0 Å². The minimum atomic E-state index is -0.597. The Morgan fingerprint density at radius 3 is 2.38 bits per heavy atom. The quantitative estimate of drug-likeness (QED) is 0.829. The maximum absolute atomic E-state index is 12.7. The molecule has 1 heterocycles. The number of hydrogen-bond acceptors (Lipinski definition) is 3. The van der Waals surface area contributed by atoms with E-state index in [4.69, 9.17) is 4.74 Å². The number of methoxy groups -OCH3 is 1. The molecule has 0 aromatic carbocycles. The maximum Gasteiger partial charge on any atom is 0.170 e. The number of carbonyl (C=O) groups excluding carboxylic acids is 1. The zero-order valence-electron chi connectivity index (χ0n) is 13.7. The van der Waals surface area contributed by atoms with Crippen LogP contribution < -0.4 is 0 Å². The lowest BCUT2D eigenvalue weighted by Gasteiger charge is -2.41. The zero-order valence-corrected chi connectivity index (χ0v) is 13.7. The summed E-state index contributed by atoms with van der Waals surface area (Å²) in [6.07, 6.45) is 6.93. The fourth-order valence-corrected chi connectivity index (χ4v) is 3.02. The Balaban J connectivity index is 2.06. The Morgan fingerprint density at radius 1 is 1.24 bits per heavy atom. The molecule has 1 aliphatic carbocycles. The lowest BCUT2D eigenvalue weighted by Crippen LogP contribution is -2.46. The summed E-state index contributed by atoms with van der Waals surface area (Å²) in [4.78, 5) is 17.1. The topological polar surface area (TPSA) is 39.2 Å². The Bertz CT molecular complexity index is 480. The average molecular weight is 289 g/mol. The third-order valence-corrected chi connectivity index (χ3v) is 4.95. The third-order valence-electron chi connectivity index (χ3n) is 4.95. The standard InChI is InChI=1S/C18H27NO2/c1-5-14-6-7-15(19-13-14)12-16(20)18(21-4)10-8-17(2,3)9-11-18/h6-7,13H,5,8-12H2,1-4H3. The number of aromatic nitrogens is 1. The summed E-state index contributed by atoms with van der Waals surface area (Å²) < 4.78 is 5.67. The molecule has 0 unspecified atom stereocenters. The first-order valence-electron chi connectivity index (χ1n) is 7.93. The number of ether oxygens (including phenoxy) is 1. The number of rotatable bonds is 5. The van der Waals surface area contributed by atoms with E-state index in [1.165, 1.54) is 5.56 Å². The van der Waals surface area contributed by atoms with Crippen molar-refractivity contribution in [2.75, 3.05) is 7.11 Å². The highest BCUT2D eigenvalue weighted by atomic mass is 16.5. The summed E-state index contributed by atoms with van der Waals surface area (Å²) >= 11 is 0. The van der Waals surface area contributed by atoms with Gasteiger partial charge in [-0.2, -0.15) is 0 Å². The van der Waals surface area contributed by atoms with Crippen LogP contribution in [-0.4, -0.2) is 23.5 Å². The van der Waals surface area contributed by atoms with E-state index in [0.717, 1.165) is 37.8 Å². The molecule has 116 valence electrons. The molecule has 0 saturated heterocycles. The Kier molecular flexibility index (Phi) is 4.82. The lowest BCUT2D eigenvalue weighted by atomic mass is 9.69. The molecule has 2 rings (SSSR count). The van der Waals surface area contributed by atoms with Gasteiger partial charge in [0.2, 0.25) is 0 Å². The molecule has 1 saturated carbocycles. The van der Waals surface area contributed by atoms with Gasteiger partial charge in [0, 0.05) is 19.0 Å². The van der Waals surface area contributed by atoms with Gasteiger partial charge in [0.15, 0.2) is 5.78 Å². The summed E-state index contributed by atoms with van der Waals surface area (Å²) in [5, 5.41) is 0. The molecule has 0 spiro atoms. The molecule has 21 heavy (non-hydrogen) atoms. The fraction of sp³-hybridized carbons (Fsp3) is 0.667. The molecule has 1 fully saturated rings. The molecule has 0 radical (unpaired) electrons. The van der Waals surface area contributed by atoms with Gasteiger partial charge in [0.1, 0.15) is 5.60 Å². The predicted molar refractivity (Wildman–Crippen MR) is 84.3 cm³/mol. The first-order valence-corrected chi connectivity index (χ1v) is 7.93. The second-order valence-electron chi connectivity index (χ2n) is 6.97. The van der Waals surface area contributed by atoms with Crippen molar-refractivity contribution < 1.29 is 9.53 Å². The van der Waals surface area contributed by atoms with Gasteiger partial charge in [-0.05, 0) is 49.1 Å². The van der Waals surface area contributed by atoms with E-state index in [9.17, 15) is 4.79 Å². The second kappa shape index (κ2) is 6.27. The van der Waals surface area contributed by atoms with E-state index in [2.05, 4.69) is 31.8 Å². The molecule has 3 heteroatoms. The van der Waals surface area contributed by atoms with Crippen LogP contribution in [0.3, 0.4) is 0 Å². The first-order chi connectivity index (χ1) is 9.91. The van der Waals surface area contributed by atoms with Crippen LogP contribution in [0.15, 0.2) is 18.3 Å². The van der Waals surface area contributed by atoms with E-state index in [0.29, 0.717) is 11.8 Å². The highest BCUT2D eigenvalue weighted by Crippen LogP contribution is 2.42. The second-order valence-corrected chi connectivity index (χ2v) is 6.97. The Morgan fingerprint density at radius 2 is 1.90 bits per heavy atom. The number of ketones is 1. The molecule has 0 N–H and O–H groups in total. The van der Waals surface area contributed by atoms with Crippen LogP contribution in [0.25, 0.3) is 0 Å². The first kappa shape index (κ1) is 16.2. The highest BCUT2D eigenvalue weighted by molar-refractivity contribution is 5.89. The van der Waals surface area contributed by atoms with Crippen LogP contribution in [0.2, 0.25) is 0 Å². The lowest BCUT2D eigenvalue weighted by molar-refractivity contribution is -0.147. The van der Waals surface area contributed by atoms with Gasteiger partial charge < -0.3 is 4.74 Å². The van der Waals surface area contributed by atoms with E-state index in [1.807, 2.05) is 12.3 Å². The number of pyridine rings is 1. The summed E-state index contributed by atoms with van der Waals surface area (Å²) in [6.45, 7) is 6.63. The normalized spacial score (nSPS) is 20.2. The number of carbonyl (C=O) groups is 1. The van der Waals surface area contributed by atoms with Crippen LogP contribution in [0, 0.1) is 5.41 Å². The highest BCUT2D eigenvalue weighted by Gasteiger charge is 2.43. The van der Waals surface area contributed by atoms with Crippen molar-refractivity contribution >= 4 is 5.78 Å². The number of nitrogens with zero attached hydrogens (tertiary/aromatic N) is 1. The van der Waals surface area contributed by atoms with E-state index in [1.54, 1.807) is 7.11 Å². The predicted octanol–water partition coefficient (Wildman–Crippen LogP) is 3.74. The summed E-state index contributed by atoms with van der Waals surface area (Å²) in [5.74, 6) is 0.178. The molecule has 0 bridgehead atoms. The molecular formula is C18H27NO2. The SMILES string of the molecule is CCc1ccc(CC(=O)C2(OC)CCC(C)(C)CC2)nc1. The van der Waals surface area contributed by atoms with Crippen molar-refractivity contribution in [1.29, 1.82) is 0 Å². The maximum atomic E-state index is 12.7. The number of Topliss-reactive ketones (excluding diaryl/α,β-unsaturated/α-hetero) is 1. The van der Waals surface area contributed by atoms with Gasteiger partial charge in [-0.15, -0.1) is 0 Å². The van der Waals surface area contributed by atoms with Crippen molar-refractivity contribution in [3.05, 3.63) is 29.6 Å². The Labute approximate surface area is 128 Å². The minimum absolute atomic E-state index is 0.178. The van der Waals surface area contributed by atoms with Crippen LogP contribution >= 0.6 is 0 Å². The molecule has 0 amide bonds. The van der Waals surface area contributed by atoms with Gasteiger partial charge in [-0.1, -0.05) is 26.8 Å². The molecule has 1 aromatic heterocycles. The molecule has 1 aromatic rings. The van der Waals surface area contributed by atoms with Crippen molar-refractivity contribution in [2.24, 2.45) is 5.41 Å². The fourth-order valence-electron chi connectivity index (χ4n) is 3.02. The van der Waals surface area contributed by atoms with Crippen LogP contribution in [-0.2, 0) is 22.4 Å².